The van der Waals surface area contributed by atoms with Crippen LogP contribution in [0.1, 0.15) is 36.4 Å². The summed E-state index contributed by atoms with van der Waals surface area (Å²) in [5, 5.41) is 4.37. The summed E-state index contributed by atoms with van der Waals surface area (Å²) in [6.45, 7) is 8.89. The van der Waals surface area contributed by atoms with Crippen molar-refractivity contribution >= 4 is 38.3 Å². The predicted octanol–water partition coefficient (Wildman–Crippen LogP) is 2.69. The molecule has 28 heavy (non-hydrogen) atoms. The van der Waals surface area contributed by atoms with E-state index in [2.05, 4.69) is 19.2 Å². The monoisotopic (exact) mass is 399 g/mol. The van der Waals surface area contributed by atoms with Gasteiger partial charge in [-0.25, -0.2) is 4.79 Å². The molecule has 0 saturated carbocycles. The fourth-order valence-corrected chi connectivity index (χ4v) is 5.60. The third-order valence-electron chi connectivity index (χ3n) is 5.58. The molecule has 2 unspecified atom stereocenters. The second-order valence-corrected chi connectivity index (χ2v) is 9.26. The van der Waals surface area contributed by atoms with E-state index in [-0.39, 0.29) is 11.5 Å². The van der Waals surface area contributed by atoms with Gasteiger partial charge in [-0.05, 0) is 24.6 Å². The minimum Gasteiger partial charge on any atom is -0.422 e. The predicted molar refractivity (Wildman–Crippen MR) is 113 cm³/mol. The molecule has 1 fully saturated rings. The summed E-state index contributed by atoms with van der Waals surface area (Å²) in [7, 11) is 0. The van der Waals surface area contributed by atoms with Gasteiger partial charge in [-0.15, -0.1) is 11.3 Å². The van der Waals surface area contributed by atoms with E-state index in [1.807, 2.05) is 18.2 Å². The molecule has 0 spiro atoms. The van der Waals surface area contributed by atoms with Crippen molar-refractivity contribution in [2.45, 2.75) is 26.7 Å². The van der Waals surface area contributed by atoms with Crippen LogP contribution >= 0.6 is 11.3 Å². The second kappa shape index (κ2) is 8.05. The first kappa shape index (κ1) is 19.2. The molecular weight excluding hydrogens is 372 g/mol. The molecule has 1 aliphatic rings. The number of hydrogen-bond acceptors (Lipinski definition) is 4. The number of amides is 1. The van der Waals surface area contributed by atoms with Gasteiger partial charge in [-0.2, -0.15) is 0 Å². The number of para-hydroxylation sites is 1. The van der Waals surface area contributed by atoms with E-state index in [1.54, 1.807) is 17.0 Å². The Kier molecular flexibility index (Phi) is 5.51. The van der Waals surface area contributed by atoms with E-state index in [0.29, 0.717) is 22.4 Å². The summed E-state index contributed by atoms with van der Waals surface area (Å²) in [6.07, 6.45) is 2.30. The number of rotatable bonds is 5. The number of benzene rings is 1. The fraction of sp³-hybridized carbons (Fsp3) is 0.455. The minimum absolute atomic E-state index is 0.111. The number of nitrogens with one attached hydrogen (secondary N) is 2. The van der Waals surface area contributed by atoms with Gasteiger partial charge in [-0.1, -0.05) is 26.0 Å². The molecule has 1 aromatic carbocycles. The van der Waals surface area contributed by atoms with Crippen LogP contribution in [0.4, 0.5) is 0 Å². The lowest BCUT2D eigenvalue weighted by molar-refractivity contribution is -0.912. The molecule has 148 valence electrons. The number of fused-ring (bicyclic) bond motifs is 3. The Morgan fingerprint density at radius 3 is 2.75 bits per heavy atom. The summed E-state index contributed by atoms with van der Waals surface area (Å²) in [4.78, 5) is 27.0. The van der Waals surface area contributed by atoms with Gasteiger partial charge < -0.3 is 14.6 Å². The third-order valence-corrected chi connectivity index (χ3v) is 6.75. The highest BCUT2D eigenvalue weighted by molar-refractivity contribution is 7.21. The van der Waals surface area contributed by atoms with E-state index in [9.17, 15) is 9.59 Å². The molecule has 1 aliphatic heterocycles. The van der Waals surface area contributed by atoms with E-state index in [0.717, 1.165) is 34.9 Å². The van der Waals surface area contributed by atoms with Crippen molar-refractivity contribution < 1.29 is 14.1 Å². The van der Waals surface area contributed by atoms with Crippen molar-refractivity contribution in [1.82, 2.24) is 5.32 Å². The Balaban J connectivity index is 1.40. The van der Waals surface area contributed by atoms with E-state index in [1.165, 1.54) is 30.8 Å². The van der Waals surface area contributed by atoms with Gasteiger partial charge in [0.05, 0.1) is 34.6 Å². The first-order valence-electron chi connectivity index (χ1n) is 10.1. The van der Waals surface area contributed by atoms with E-state index < -0.39 is 0 Å². The maximum absolute atomic E-state index is 12.6. The Hall–Kier alpha value is -2.18. The van der Waals surface area contributed by atoms with Crippen molar-refractivity contribution in [2.75, 3.05) is 26.2 Å². The molecule has 1 saturated heterocycles. The first-order chi connectivity index (χ1) is 13.5. The molecule has 6 heteroatoms. The topological polar surface area (TPSA) is 63.8 Å². The van der Waals surface area contributed by atoms with Crippen LogP contribution in [0.15, 0.2) is 39.5 Å². The highest BCUT2D eigenvalue weighted by Gasteiger charge is 2.24. The average Bonchev–Trinajstić information content (AvgIpc) is 3.11. The highest BCUT2D eigenvalue weighted by Crippen LogP contribution is 2.30. The molecule has 2 aromatic heterocycles. The molecule has 5 nitrogen and oxygen atoms in total. The van der Waals surface area contributed by atoms with Crippen LogP contribution in [-0.2, 0) is 0 Å². The van der Waals surface area contributed by atoms with Gasteiger partial charge in [-0.3, -0.25) is 4.79 Å². The Bertz CT molecular complexity index is 1040. The van der Waals surface area contributed by atoms with Gasteiger partial charge in [0.1, 0.15) is 5.58 Å². The lowest BCUT2D eigenvalue weighted by Gasteiger charge is -2.32. The largest absolute Gasteiger partial charge is 0.422 e. The average molecular weight is 400 g/mol. The number of carbonyl (C=O) groups is 1. The number of quaternary nitrogens is 1. The molecule has 2 atom stereocenters. The van der Waals surface area contributed by atoms with Gasteiger partial charge in [0.2, 0.25) is 0 Å². The van der Waals surface area contributed by atoms with E-state index >= 15 is 0 Å². The van der Waals surface area contributed by atoms with Crippen molar-refractivity contribution in [3.05, 3.63) is 45.6 Å². The molecule has 0 bridgehead atoms. The number of likely N-dealkylation sites (tertiary alicyclic amines) is 1. The van der Waals surface area contributed by atoms with Crippen LogP contribution < -0.4 is 15.8 Å². The van der Waals surface area contributed by atoms with Crippen LogP contribution in [0.5, 0.6) is 0 Å². The van der Waals surface area contributed by atoms with Crippen LogP contribution in [0.3, 0.4) is 0 Å². The normalized spacial score (nSPS) is 22.6. The van der Waals surface area contributed by atoms with Crippen molar-refractivity contribution in [3.63, 3.8) is 0 Å². The van der Waals surface area contributed by atoms with E-state index in [4.69, 9.17) is 4.42 Å². The Labute approximate surface area is 168 Å². The van der Waals surface area contributed by atoms with Crippen LogP contribution in [-0.4, -0.2) is 32.1 Å². The lowest BCUT2D eigenvalue weighted by atomic mass is 9.92. The molecule has 0 aliphatic carbocycles. The van der Waals surface area contributed by atoms with Gasteiger partial charge in [0, 0.05) is 30.2 Å². The Morgan fingerprint density at radius 1 is 1.21 bits per heavy atom. The SMILES string of the molecule is CC1CC(C)C[NH+](CCCNC(=O)c2cc3c(=O)oc4ccccc4c3s2)C1. The zero-order chi connectivity index (χ0) is 19.7. The number of thiophene rings is 1. The summed E-state index contributed by atoms with van der Waals surface area (Å²) < 4.78 is 6.18. The third kappa shape index (κ3) is 3.98. The molecule has 2 N–H and O–H groups in total. The second-order valence-electron chi connectivity index (χ2n) is 8.20. The number of carbonyl (C=O) groups excluding carboxylic acids is 1. The van der Waals surface area contributed by atoms with Crippen LogP contribution in [0.25, 0.3) is 21.1 Å². The minimum atomic E-state index is -0.388. The first-order valence-corrected chi connectivity index (χ1v) is 10.9. The quantitative estimate of drug-likeness (QED) is 0.512. The van der Waals surface area contributed by atoms with Gasteiger partial charge >= 0.3 is 5.63 Å². The lowest BCUT2D eigenvalue weighted by Crippen LogP contribution is -3.14. The molecule has 3 heterocycles. The maximum Gasteiger partial charge on any atom is 0.345 e. The molecule has 0 radical (unpaired) electrons. The Morgan fingerprint density at radius 2 is 1.96 bits per heavy atom. The number of hydrogen-bond donors (Lipinski definition) is 2. The van der Waals surface area contributed by atoms with Crippen molar-refractivity contribution in [2.24, 2.45) is 11.8 Å². The van der Waals surface area contributed by atoms with Crippen molar-refractivity contribution in [3.8, 4) is 0 Å². The summed E-state index contributed by atoms with van der Waals surface area (Å²) in [6, 6.07) is 9.10. The van der Waals surface area contributed by atoms with Crippen LogP contribution in [0.2, 0.25) is 0 Å². The highest BCUT2D eigenvalue weighted by atomic mass is 32.1. The fourth-order valence-electron chi connectivity index (χ4n) is 4.51. The zero-order valence-corrected chi connectivity index (χ0v) is 17.2. The summed E-state index contributed by atoms with van der Waals surface area (Å²) in [5.41, 5.74) is 0.169. The molecule has 1 amide bonds. The zero-order valence-electron chi connectivity index (χ0n) is 16.4. The van der Waals surface area contributed by atoms with Gasteiger partial charge in [0.25, 0.3) is 5.91 Å². The van der Waals surface area contributed by atoms with Gasteiger partial charge in [0.15, 0.2) is 0 Å². The molecule has 4 rings (SSSR count). The summed E-state index contributed by atoms with van der Waals surface area (Å²) in [5.74, 6) is 1.46. The summed E-state index contributed by atoms with van der Waals surface area (Å²) >= 11 is 1.36. The standard InChI is InChI=1S/C22H26N2O3S/c1-14-10-15(2)13-24(12-14)9-5-8-23-21(25)19-11-17-20(28-19)16-6-3-4-7-18(16)27-22(17)26/h3-4,6-7,11,14-15H,5,8-10,12-13H2,1-2H3,(H,23,25)/p+1. The number of piperidine rings is 1. The van der Waals surface area contributed by atoms with Crippen molar-refractivity contribution in [1.29, 1.82) is 0 Å². The molecular formula is C22H27N2O3S+. The van der Waals surface area contributed by atoms with Crippen LogP contribution in [0, 0.1) is 11.8 Å². The molecule has 3 aromatic rings. The maximum atomic E-state index is 12.6. The smallest absolute Gasteiger partial charge is 0.345 e.